The summed E-state index contributed by atoms with van der Waals surface area (Å²) in [4.78, 5) is 2.34. The first-order valence-electron chi connectivity index (χ1n) is 4.47. The van der Waals surface area contributed by atoms with E-state index in [4.69, 9.17) is 0 Å². The Morgan fingerprint density at radius 1 is 1.55 bits per heavy atom. The molecule has 2 heteroatoms. The quantitative estimate of drug-likeness (QED) is 0.640. The zero-order valence-corrected chi connectivity index (χ0v) is 8.15. The highest BCUT2D eigenvalue weighted by molar-refractivity contribution is 4.95. The lowest BCUT2D eigenvalue weighted by atomic mass is 9.82. The molecule has 1 rings (SSSR count). The van der Waals surface area contributed by atoms with Gasteiger partial charge in [0.25, 0.3) is 0 Å². The lowest BCUT2D eigenvalue weighted by Gasteiger charge is -2.33. The summed E-state index contributed by atoms with van der Waals surface area (Å²) in [5, 5.41) is 3.45. The Labute approximate surface area is 70.0 Å². The Hall–Kier alpha value is -0.0800. The summed E-state index contributed by atoms with van der Waals surface area (Å²) < 4.78 is 0. The van der Waals surface area contributed by atoms with Gasteiger partial charge in [-0.1, -0.05) is 13.8 Å². The van der Waals surface area contributed by atoms with Gasteiger partial charge in [0.15, 0.2) is 0 Å². The molecule has 0 amide bonds. The van der Waals surface area contributed by atoms with Crippen LogP contribution in [0.15, 0.2) is 0 Å². The molecule has 0 aliphatic carbocycles. The molecule has 1 aliphatic heterocycles. The highest BCUT2D eigenvalue weighted by Gasteiger charge is 2.38. The van der Waals surface area contributed by atoms with Gasteiger partial charge in [0.05, 0.1) is 0 Å². The molecule has 1 fully saturated rings. The molecule has 1 heterocycles. The van der Waals surface area contributed by atoms with Crippen LogP contribution in [-0.4, -0.2) is 38.1 Å². The van der Waals surface area contributed by atoms with Crippen molar-refractivity contribution in [1.82, 2.24) is 10.2 Å². The first-order valence-corrected chi connectivity index (χ1v) is 4.47. The minimum absolute atomic E-state index is 0.490. The third-order valence-corrected chi connectivity index (χ3v) is 3.10. The Kier molecular flexibility index (Phi) is 2.55. The molecule has 0 aromatic carbocycles. The standard InChI is InChI=1S/C9H20N2/c1-5-9(2)7-10-6-8(9)11(3)4/h8,10H,5-7H2,1-4H3/t8-,9+/m0/s1. The van der Waals surface area contributed by atoms with E-state index in [1.54, 1.807) is 0 Å². The predicted octanol–water partition coefficient (Wildman–Crippen LogP) is 0.936. The molecule has 0 saturated carbocycles. The summed E-state index contributed by atoms with van der Waals surface area (Å²) in [7, 11) is 4.34. The molecule has 1 aliphatic rings. The van der Waals surface area contributed by atoms with Gasteiger partial charge in [-0.3, -0.25) is 0 Å². The van der Waals surface area contributed by atoms with E-state index in [0.29, 0.717) is 11.5 Å². The smallest absolute Gasteiger partial charge is 0.0280 e. The number of nitrogens with zero attached hydrogens (tertiary/aromatic N) is 1. The minimum atomic E-state index is 0.490. The maximum Gasteiger partial charge on any atom is 0.0280 e. The Morgan fingerprint density at radius 2 is 2.18 bits per heavy atom. The number of hydrogen-bond donors (Lipinski definition) is 1. The zero-order chi connectivity index (χ0) is 8.48. The van der Waals surface area contributed by atoms with Gasteiger partial charge in [0.1, 0.15) is 0 Å². The molecule has 0 aromatic heterocycles. The van der Waals surface area contributed by atoms with Gasteiger partial charge < -0.3 is 10.2 Å². The van der Waals surface area contributed by atoms with Crippen LogP contribution < -0.4 is 5.32 Å². The summed E-state index contributed by atoms with van der Waals surface area (Å²) in [6.07, 6.45) is 1.27. The summed E-state index contributed by atoms with van der Waals surface area (Å²) in [5.41, 5.74) is 0.490. The molecular weight excluding hydrogens is 136 g/mol. The van der Waals surface area contributed by atoms with Crippen molar-refractivity contribution < 1.29 is 0 Å². The van der Waals surface area contributed by atoms with Gasteiger partial charge in [-0.05, 0) is 25.9 Å². The normalized spacial score (nSPS) is 38.5. The van der Waals surface area contributed by atoms with Crippen molar-refractivity contribution in [1.29, 1.82) is 0 Å². The summed E-state index contributed by atoms with van der Waals surface area (Å²) in [6.45, 7) is 6.98. The molecule has 0 aromatic rings. The Balaban J connectivity index is 2.64. The fourth-order valence-electron chi connectivity index (χ4n) is 2.03. The molecular formula is C9H20N2. The van der Waals surface area contributed by atoms with Gasteiger partial charge in [-0.25, -0.2) is 0 Å². The molecule has 1 saturated heterocycles. The van der Waals surface area contributed by atoms with E-state index < -0.39 is 0 Å². The number of nitrogens with one attached hydrogen (secondary N) is 1. The van der Waals surface area contributed by atoms with Crippen molar-refractivity contribution in [2.24, 2.45) is 5.41 Å². The van der Waals surface area contributed by atoms with Crippen molar-refractivity contribution in [3.63, 3.8) is 0 Å². The van der Waals surface area contributed by atoms with E-state index in [-0.39, 0.29) is 0 Å². The molecule has 0 radical (unpaired) electrons. The Bertz CT molecular complexity index is 134. The van der Waals surface area contributed by atoms with Crippen molar-refractivity contribution in [3.05, 3.63) is 0 Å². The third-order valence-electron chi connectivity index (χ3n) is 3.10. The van der Waals surface area contributed by atoms with E-state index in [1.807, 2.05) is 0 Å². The first-order chi connectivity index (χ1) is 5.10. The van der Waals surface area contributed by atoms with Gasteiger partial charge >= 0.3 is 0 Å². The lowest BCUT2D eigenvalue weighted by molar-refractivity contribution is 0.165. The average molecular weight is 156 g/mol. The third kappa shape index (κ3) is 1.57. The highest BCUT2D eigenvalue weighted by Crippen LogP contribution is 2.31. The molecule has 0 spiro atoms. The predicted molar refractivity (Wildman–Crippen MR) is 48.7 cm³/mol. The summed E-state index contributed by atoms with van der Waals surface area (Å²) in [5.74, 6) is 0. The summed E-state index contributed by atoms with van der Waals surface area (Å²) in [6, 6.07) is 0.715. The van der Waals surface area contributed by atoms with Gasteiger partial charge in [-0.2, -0.15) is 0 Å². The van der Waals surface area contributed by atoms with Crippen LogP contribution in [0.25, 0.3) is 0 Å². The summed E-state index contributed by atoms with van der Waals surface area (Å²) >= 11 is 0. The van der Waals surface area contributed by atoms with E-state index in [1.165, 1.54) is 13.0 Å². The van der Waals surface area contributed by atoms with Crippen molar-refractivity contribution in [2.45, 2.75) is 26.3 Å². The van der Waals surface area contributed by atoms with E-state index in [2.05, 4.69) is 38.2 Å². The lowest BCUT2D eigenvalue weighted by Crippen LogP contribution is -2.41. The van der Waals surface area contributed by atoms with Crippen LogP contribution in [0.4, 0.5) is 0 Å². The highest BCUT2D eigenvalue weighted by atomic mass is 15.2. The van der Waals surface area contributed by atoms with Crippen LogP contribution in [0, 0.1) is 5.41 Å². The van der Waals surface area contributed by atoms with Crippen LogP contribution in [0.1, 0.15) is 20.3 Å². The monoisotopic (exact) mass is 156 g/mol. The zero-order valence-electron chi connectivity index (χ0n) is 8.15. The number of likely N-dealkylation sites (N-methyl/N-ethyl adjacent to an activating group) is 1. The maximum absolute atomic E-state index is 3.45. The van der Waals surface area contributed by atoms with Gasteiger partial charge in [-0.15, -0.1) is 0 Å². The topological polar surface area (TPSA) is 15.3 Å². The molecule has 66 valence electrons. The SMILES string of the molecule is CC[C@]1(C)CNC[C@@H]1N(C)C. The largest absolute Gasteiger partial charge is 0.315 e. The second kappa shape index (κ2) is 3.11. The molecule has 11 heavy (non-hydrogen) atoms. The molecule has 1 N–H and O–H groups in total. The fourth-order valence-corrected chi connectivity index (χ4v) is 2.03. The van der Waals surface area contributed by atoms with Crippen LogP contribution in [0.5, 0.6) is 0 Å². The maximum atomic E-state index is 3.45. The van der Waals surface area contributed by atoms with Crippen molar-refractivity contribution in [2.75, 3.05) is 27.2 Å². The molecule has 2 nitrogen and oxygen atoms in total. The second-order valence-corrected chi connectivity index (χ2v) is 4.12. The van der Waals surface area contributed by atoms with Crippen molar-refractivity contribution in [3.8, 4) is 0 Å². The molecule has 0 unspecified atom stereocenters. The number of rotatable bonds is 2. The van der Waals surface area contributed by atoms with Gasteiger partial charge in [0, 0.05) is 19.1 Å². The number of hydrogen-bond acceptors (Lipinski definition) is 2. The Morgan fingerprint density at radius 3 is 2.55 bits per heavy atom. The van der Waals surface area contributed by atoms with Gasteiger partial charge in [0.2, 0.25) is 0 Å². The van der Waals surface area contributed by atoms with Crippen LogP contribution in [0.3, 0.4) is 0 Å². The minimum Gasteiger partial charge on any atom is -0.315 e. The average Bonchev–Trinajstić information content (AvgIpc) is 2.32. The fraction of sp³-hybridized carbons (Fsp3) is 1.00. The first kappa shape index (κ1) is 9.01. The van der Waals surface area contributed by atoms with Crippen LogP contribution >= 0.6 is 0 Å². The van der Waals surface area contributed by atoms with Crippen LogP contribution in [-0.2, 0) is 0 Å². The molecule has 2 atom stereocenters. The van der Waals surface area contributed by atoms with E-state index in [9.17, 15) is 0 Å². The second-order valence-electron chi connectivity index (χ2n) is 4.12. The molecule has 0 bridgehead atoms. The van der Waals surface area contributed by atoms with E-state index >= 15 is 0 Å². The van der Waals surface area contributed by atoms with Crippen LogP contribution in [0.2, 0.25) is 0 Å². The van der Waals surface area contributed by atoms with E-state index in [0.717, 1.165) is 6.54 Å². The van der Waals surface area contributed by atoms with Crippen molar-refractivity contribution >= 4 is 0 Å².